The highest BCUT2D eigenvalue weighted by Gasteiger charge is 2.02. The van der Waals surface area contributed by atoms with Gasteiger partial charge in [0.2, 0.25) is 5.95 Å². The molecule has 6 nitrogen and oxygen atoms in total. The average molecular weight is 311 g/mol. The molecule has 4 N–H and O–H groups in total. The molecule has 0 saturated heterocycles. The number of aliphatic hydroxyl groups excluding tert-OH is 1. The van der Waals surface area contributed by atoms with Crippen LogP contribution in [0.15, 0.2) is 42.2 Å². The Hall–Kier alpha value is -2.73. The topological polar surface area (TPSA) is 93.9 Å². The standard InChI is InChI=1S/C17H21N5O/c1-11-6-12(2)8-15(7-11)21-17-19-5-4-16(22-17)20-9-14(10-23)13(3)18/h4-9,18,23H,10H2,1-3H3,(H2,19,20,21,22)/b14-9-,18-13?. The summed E-state index contributed by atoms with van der Waals surface area (Å²) in [6, 6.07) is 7.87. The van der Waals surface area contributed by atoms with Crippen molar-refractivity contribution >= 4 is 23.2 Å². The summed E-state index contributed by atoms with van der Waals surface area (Å²) in [5.74, 6) is 1.06. The van der Waals surface area contributed by atoms with Crippen molar-refractivity contribution in [3.8, 4) is 0 Å². The molecule has 0 amide bonds. The van der Waals surface area contributed by atoms with Crippen LogP contribution in [0.4, 0.5) is 17.5 Å². The van der Waals surface area contributed by atoms with E-state index in [-0.39, 0.29) is 6.61 Å². The van der Waals surface area contributed by atoms with Crippen LogP contribution in [0.5, 0.6) is 0 Å². The first-order valence-electron chi connectivity index (χ1n) is 7.28. The molecule has 0 saturated carbocycles. The molecule has 6 heteroatoms. The van der Waals surface area contributed by atoms with Crippen LogP contribution in [-0.2, 0) is 0 Å². The Bertz CT molecular complexity index is 719. The monoisotopic (exact) mass is 311 g/mol. The van der Waals surface area contributed by atoms with Gasteiger partial charge in [-0.1, -0.05) is 6.07 Å². The molecule has 1 heterocycles. The molecule has 1 aromatic heterocycles. The lowest BCUT2D eigenvalue weighted by Gasteiger charge is -2.09. The molecule has 120 valence electrons. The summed E-state index contributed by atoms with van der Waals surface area (Å²) in [6.45, 7) is 5.51. The SMILES string of the molecule is CC(=N)/C(=C\Nc1ccnc(Nc2cc(C)cc(C)c2)n1)CO. The normalized spacial score (nSPS) is 11.2. The Labute approximate surface area is 135 Å². The van der Waals surface area contributed by atoms with Gasteiger partial charge in [0.15, 0.2) is 0 Å². The third kappa shape index (κ3) is 4.89. The molecule has 0 aliphatic heterocycles. The van der Waals surface area contributed by atoms with Crippen molar-refractivity contribution in [2.24, 2.45) is 0 Å². The van der Waals surface area contributed by atoms with Crippen molar-refractivity contribution in [1.29, 1.82) is 5.41 Å². The average Bonchev–Trinajstić information content (AvgIpc) is 2.46. The lowest BCUT2D eigenvalue weighted by atomic mass is 10.1. The lowest BCUT2D eigenvalue weighted by Crippen LogP contribution is -2.05. The van der Waals surface area contributed by atoms with E-state index in [1.165, 1.54) is 11.1 Å². The zero-order valence-electron chi connectivity index (χ0n) is 13.5. The highest BCUT2D eigenvalue weighted by Crippen LogP contribution is 2.18. The maximum Gasteiger partial charge on any atom is 0.229 e. The molecule has 1 aromatic carbocycles. The Kier molecular flexibility index (Phi) is 5.43. The molecule has 0 bridgehead atoms. The zero-order chi connectivity index (χ0) is 16.8. The zero-order valence-corrected chi connectivity index (χ0v) is 13.5. The first-order chi connectivity index (χ1) is 11.0. The molecule has 0 atom stereocenters. The van der Waals surface area contributed by atoms with Gasteiger partial charge in [-0.2, -0.15) is 4.98 Å². The van der Waals surface area contributed by atoms with E-state index in [4.69, 9.17) is 5.41 Å². The van der Waals surface area contributed by atoms with Crippen LogP contribution < -0.4 is 10.6 Å². The van der Waals surface area contributed by atoms with Gasteiger partial charge in [-0.3, -0.25) is 0 Å². The first-order valence-corrected chi connectivity index (χ1v) is 7.28. The minimum Gasteiger partial charge on any atom is -0.392 e. The fourth-order valence-electron chi connectivity index (χ4n) is 2.11. The van der Waals surface area contributed by atoms with E-state index in [1.54, 1.807) is 25.4 Å². The number of aromatic nitrogens is 2. The van der Waals surface area contributed by atoms with Crippen LogP contribution in [0.1, 0.15) is 18.1 Å². The van der Waals surface area contributed by atoms with Crippen LogP contribution in [-0.4, -0.2) is 27.4 Å². The summed E-state index contributed by atoms with van der Waals surface area (Å²) in [5, 5.41) is 22.9. The molecular formula is C17H21N5O. The third-order valence-electron chi connectivity index (χ3n) is 3.18. The molecule has 0 radical (unpaired) electrons. The Balaban J connectivity index is 2.15. The van der Waals surface area contributed by atoms with Gasteiger partial charge in [-0.05, 0) is 50.1 Å². The molecular weight excluding hydrogens is 290 g/mol. The van der Waals surface area contributed by atoms with Gasteiger partial charge in [-0.25, -0.2) is 4.98 Å². The lowest BCUT2D eigenvalue weighted by molar-refractivity contribution is 0.337. The van der Waals surface area contributed by atoms with Crippen LogP contribution in [0.25, 0.3) is 0 Å². The molecule has 0 unspecified atom stereocenters. The van der Waals surface area contributed by atoms with Crippen molar-refractivity contribution in [1.82, 2.24) is 9.97 Å². The van der Waals surface area contributed by atoms with Gasteiger partial charge in [0, 0.05) is 29.4 Å². The molecule has 0 aliphatic carbocycles. The van der Waals surface area contributed by atoms with E-state index in [0.29, 0.717) is 23.1 Å². The maximum absolute atomic E-state index is 9.18. The van der Waals surface area contributed by atoms with Crippen molar-refractivity contribution in [3.05, 3.63) is 53.4 Å². The number of anilines is 3. The molecule has 0 aliphatic rings. The maximum atomic E-state index is 9.18. The van der Waals surface area contributed by atoms with E-state index in [9.17, 15) is 5.11 Å². The Morgan fingerprint density at radius 2 is 1.96 bits per heavy atom. The second-order valence-electron chi connectivity index (χ2n) is 5.36. The second kappa shape index (κ2) is 7.51. The Morgan fingerprint density at radius 3 is 2.57 bits per heavy atom. The van der Waals surface area contributed by atoms with Crippen molar-refractivity contribution < 1.29 is 5.11 Å². The quantitative estimate of drug-likeness (QED) is 0.615. The number of aliphatic hydroxyl groups is 1. The number of nitrogens with one attached hydrogen (secondary N) is 3. The van der Waals surface area contributed by atoms with E-state index >= 15 is 0 Å². The van der Waals surface area contributed by atoms with Crippen molar-refractivity contribution in [3.63, 3.8) is 0 Å². The van der Waals surface area contributed by atoms with Crippen LogP contribution in [0.2, 0.25) is 0 Å². The number of hydrogen-bond donors (Lipinski definition) is 4. The molecule has 2 aromatic rings. The van der Waals surface area contributed by atoms with E-state index < -0.39 is 0 Å². The number of benzene rings is 1. The van der Waals surface area contributed by atoms with Crippen LogP contribution in [0, 0.1) is 19.3 Å². The smallest absolute Gasteiger partial charge is 0.229 e. The summed E-state index contributed by atoms with van der Waals surface area (Å²) in [7, 11) is 0. The third-order valence-corrected chi connectivity index (χ3v) is 3.18. The summed E-state index contributed by atoms with van der Waals surface area (Å²) in [6.07, 6.45) is 3.22. The highest BCUT2D eigenvalue weighted by molar-refractivity contribution is 5.96. The molecule has 0 spiro atoms. The summed E-state index contributed by atoms with van der Waals surface area (Å²) in [5.41, 5.74) is 4.08. The predicted molar refractivity (Wildman–Crippen MR) is 93.4 cm³/mol. The minimum absolute atomic E-state index is 0.193. The number of nitrogens with zero attached hydrogens (tertiary/aromatic N) is 2. The second-order valence-corrected chi connectivity index (χ2v) is 5.36. The van der Waals surface area contributed by atoms with E-state index in [2.05, 4.69) is 26.7 Å². The first kappa shape index (κ1) is 16.6. The molecule has 0 fully saturated rings. The van der Waals surface area contributed by atoms with E-state index in [0.717, 1.165) is 5.69 Å². The molecule has 2 rings (SSSR count). The number of hydrogen-bond acceptors (Lipinski definition) is 6. The molecule has 23 heavy (non-hydrogen) atoms. The summed E-state index contributed by atoms with van der Waals surface area (Å²) in [4.78, 5) is 8.56. The summed E-state index contributed by atoms with van der Waals surface area (Å²) < 4.78 is 0. The van der Waals surface area contributed by atoms with Gasteiger partial charge in [0.05, 0.1) is 6.61 Å². The van der Waals surface area contributed by atoms with Gasteiger partial charge in [-0.15, -0.1) is 0 Å². The minimum atomic E-state index is -0.193. The van der Waals surface area contributed by atoms with Gasteiger partial charge in [0.25, 0.3) is 0 Å². The Morgan fingerprint density at radius 1 is 1.26 bits per heavy atom. The van der Waals surface area contributed by atoms with Gasteiger partial charge >= 0.3 is 0 Å². The fraction of sp³-hybridized carbons (Fsp3) is 0.235. The van der Waals surface area contributed by atoms with Gasteiger partial charge < -0.3 is 21.1 Å². The van der Waals surface area contributed by atoms with Gasteiger partial charge in [0.1, 0.15) is 5.82 Å². The predicted octanol–water partition coefficient (Wildman–Crippen LogP) is 3.16. The van der Waals surface area contributed by atoms with Crippen molar-refractivity contribution in [2.75, 3.05) is 17.2 Å². The fourth-order valence-corrected chi connectivity index (χ4v) is 2.11. The van der Waals surface area contributed by atoms with E-state index in [1.807, 2.05) is 26.0 Å². The number of rotatable bonds is 6. The van der Waals surface area contributed by atoms with Crippen LogP contribution in [0.3, 0.4) is 0 Å². The van der Waals surface area contributed by atoms with Crippen molar-refractivity contribution in [2.45, 2.75) is 20.8 Å². The number of aryl methyl sites for hydroxylation is 2. The van der Waals surface area contributed by atoms with Crippen LogP contribution >= 0.6 is 0 Å². The summed E-state index contributed by atoms with van der Waals surface area (Å²) >= 11 is 0. The highest BCUT2D eigenvalue weighted by atomic mass is 16.3. The largest absolute Gasteiger partial charge is 0.392 e.